The summed E-state index contributed by atoms with van der Waals surface area (Å²) in [6.07, 6.45) is 8.41. The molecular formula is C32H43NO5Si. The molecule has 5 rings (SSSR count). The van der Waals surface area contributed by atoms with E-state index in [1.54, 1.807) is 20.3 Å². The molecule has 3 heterocycles. The zero-order valence-electron chi connectivity index (χ0n) is 24.5. The van der Waals surface area contributed by atoms with Crippen molar-refractivity contribution in [2.75, 3.05) is 20.8 Å². The molecule has 0 spiro atoms. The molecule has 3 atom stereocenters. The van der Waals surface area contributed by atoms with Crippen molar-refractivity contribution in [1.29, 1.82) is 0 Å². The molecule has 3 aliphatic rings. The van der Waals surface area contributed by atoms with Crippen LogP contribution in [0.4, 0.5) is 0 Å². The van der Waals surface area contributed by atoms with Gasteiger partial charge in [0.2, 0.25) is 0 Å². The number of hydrogen-bond donors (Lipinski definition) is 0. The Morgan fingerprint density at radius 1 is 0.923 bits per heavy atom. The molecule has 6 nitrogen and oxygen atoms in total. The molecule has 7 heteroatoms. The Bertz CT molecular complexity index is 1260. The van der Waals surface area contributed by atoms with Gasteiger partial charge in [-0.25, -0.2) is 4.79 Å². The number of hydrogen-bond acceptors (Lipinski definition) is 6. The molecule has 0 aromatic heterocycles. The average molecular weight is 550 g/mol. The van der Waals surface area contributed by atoms with E-state index >= 15 is 0 Å². The van der Waals surface area contributed by atoms with E-state index in [4.69, 9.17) is 18.6 Å². The van der Waals surface area contributed by atoms with Crippen LogP contribution in [0.25, 0.3) is 17.2 Å². The fraction of sp³-hybridized carbons (Fsp3) is 0.531. The third kappa shape index (κ3) is 5.48. The monoisotopic (exact) mass is 549 g/mol. The summed E-state index contributed by atoms with van der Waals surface area (Å²) >= 11 is 0. The van der Waals surface area contributed by atoms with Gasteiger partial charge < -0.3 is 18.6 Å². The zero-order chi connectivity index (χ0) is 27.9. The van der Waals surface area contributed by atoms with Gasteiger partial charge in [0.1, 0.15) is 11.9 Å². The van der Waals surface area contributed by atoms with Crippen LogP contribution in [-0.4, -0.2) is 52.1 Å². The average Bonchev–Trinajstić information content (AvgIpc) is 2.90. The van der Waals surface area contributed by atoms with E-state index in [1.165, 1.54) is 18.4 Å². The fourth-order valence-electron chi connectivity index (χ4n) is 6.02. The molecule has 0 aliphatic carbocycles. The second kappa shape index (κ2) is 10.7. The molecule has 2 fully saturated rings. The summed E-state index contributed by atoms with van der Waals surface area (Å²) in [4.78, 5) is 15.5. The second-order valence-electron chi connectivity index (χ2n) is 12.7. The lowest BCUT2D eigenvalue weighted by Crippen LogP contribution is -2.49. The Balaban J connectivity index is 1.77. The summed E-state index contributed by atoms with van der Waals surface area (Å²) in [7, 11) is 1.23. The van der Waals surface area contributed by atoms with Crippen molar-refractivity contribution < 1.29 is 23.4 Å². The van der Waals surface area contributed by atoms with Crippen molar-refractivity contribution >= 4 is 20.4 Å². The first-order chi connectivity index (χ1) is 18.5. The molecule has 2 saturated heterocycles. The summed E-state index contributed by atoms with van der Waals surface area (Å²) in [5.74, 6) is 1.99. The van der Waals surface area contributed by atoms with Crippen LogP contribution in [0.2, 0.25) is 18.1 Å². The largest absolute Gasteiger partial charge is 0.543 e. The number of esters is 1. The molecule has 39 heavy (non-hydrogen) atoms. The van der Waals surface area contributed by atoms with Crippen LogP contribution in [0, 0.1) is 0 Å². The van der Waals surface area contributed by atoms with Gasteiger partial charge in [0.25, 0.3) is 8.32 Å². The second-order valence-corrected chi connectivity index (χ2v) is 17.4. The van der Waals surface area contributed by atoms with E-state index in [0.717, 1.165) is 48.2 Å². The lowest BCUT2D eigenvalue weighted by molar-refractivity contribution is -0.148. The van der Waals surface area contributed by atoms with Crippen molar-refractivity contribution in [3.63, 3.8) is 0 Å². The third-order valence-electron chi connectivity index (χ3n) is 9.17. The molecule has 3 aliphatic heterocycles. The number of fused-ring (bicyclic) bond motifs is 9. The van der Waals surface area contributed by atoms with Crippen molar-refractivity contribution in [2.45, 2.75) is 89.2 Å². The van der Waals surface area contributed by atoms with Crippen LogP contribution in [0.5, 0.6) is 17.2 Å². The number of nitrogens with zero attached hydrogens (tertiary/aromatic N) is 1. The SMILES string of the molecule is COc1cc2c(cc1OC)[C@@H]1C[C@H](C[C@H]3CCCCN31)OC(=O)/C=C\c1ccc(O[Si](C)(C)C(C)(C)C)c-2c1. The van der Waals surface area contributed by atoms with Gasteiger partial charge in [-0.1, -0.05) is 33.3 Å². The normalized spacial score (nSPS) is 24.3. The Kier molecular flexibility index (Phi) is 7.59. The molecule has 2 aromatic rings. The maximum Gasteiger partial charge on any atom is 0.331 e. The highest BCUT2D eigenvalue weighted by molar-refractivity contribution is 6.74. The van der Waals surface area contributed by atoms with Gasteiger partial charge in [0.15, 0.2) is 11.5 Å². The van der Waals surface area contributed by atoms with E-state index in [9.17, 15) is 4.79 Å². The number of benzene rings is 2. The molecule has 0 radical (unpaired) electrons. The van der Waals surface area contributed by atoms with Crippen molar-refractivity contribution in [1.82, 2.24) is 4.90 Å². The van der Waals surface area contributed by atoms with Gasteiger partial charge in [0.05, 0.1) is 14.2 Å². The molecule has 210 valence electrons. The fourth-order valence-corrected chi connectivity index (χ4v) is 7.06. The molecule has 0 N–H and O–H groups in total. The minimum absolute atomic E-state index is 0.0471. The van der Waals surface area contributed by atoms with Gasteiger partial charge in [-0.3, -0.25) is 4.90 Å². The number of rotatable bonds is 4. The van der Waals surface area contributed by atoms with Gasteiger partial charge in [-0.2, -0.15) is 0 Å². The van der Waals surface area contributed by atoms with Crippen molar-refractivity contribution in [3.8, 4) is 28.4 Å². The molecular weight excluding hydrogens is 506 g/mol. The number of carbonyl (C=O) groups is 1. The third-order valence-corrected chi connectivity index (χ3v) is 13.5. The zero-order valence-corrected chi connectivity index (χ0v) is 25.5. The summed E-state index contributed by atoms with van der Waals surface area (Å²) < 4.78 is 24.6. The maximum absolute atomic E-state index is 12.9. The Morgan fingerprint density at radius 3 is 2.38 bits per heavy atom. The topological polar surface area (TPSA) is 57.2 Å². The first kappa shape index (κ1) is 27.8. The van der Waals surface area contributed by atoms with Gasteiger partial charge >= 0.3 is 5.97 Å². The van der Waals surface area contributed by atoms with Crippen LogP contribution < -0.4 is 13.9 Å². The quantitative estimate of drug-likeness (QED) is 0.293. The first-order valence-corrected chi connectivity index (χ1v) is 17.2. The Morgan fingerprint density at radius 2 is 1.67 bits per heavy atom. The molecule has 4 bridgehead atoms. The molecule has 0 saturated carbocycles. The highest BCUT2D eigenvalue weighted by Crippen LogP contribution is 2.49. The number of methoxy groups -OCH3 is 2. The molecule has 0 amide bonds. The summed E-state index contributed by atoms with van der Waals surface area (Å²) in [5.41, 5.74) is 4.19. The van der Waals surface area contributed by atoms with Gasteiger partial charge in [-0.05, 0) is 84.6 Å². The molecule has 0 unspecified atom stereocenters. The number of ether oxygens (including phenoxy) is 3. The van der Waals surface area contributed by atoms with Crippen LogP contribution >= 0.6 is 0 Å². The molecule has 2 aromatic carbocycles. The predicted octanol–water partition coefficient (Wildman–Crippen LogP) is 7.38. The van der Waals surface area contributed by atoms with E-state index in [-0.39, 0.29) is 23.2 Å². The smallest absolute Gasteiger partial charge is 0.331 e. The van der Waals surface area contributed by atoms with E-state index in [0.29, 0.717) is 17.5 Å². The van der Waals surface area contributed by atoms with Crippen LogP contribution in [-0.2, 0) is 9.53 Å². The van der Waals surface area contributed by atoms with Gasteiger partial charge in [-0.15, -0.1) is 0 Å². The Labute approximate surface area is 234 Å². The lowest BCUT2D eigenvalue weighted by Gasteiger charge is -2.48. The summed E-state index contributed by atoms with van der Waals surface area (Å²) in [5, 5.41) is 0.0471. The Hall–Kier alpha value is -2.77. The summed E-state index contributed by atoms with van der Waals surface area (Å²) in [6, 6.07) is 10.9. The van der Waals surface area contributed by atoms with Crippen molar-refractivity contribution in [2.24, 2.45) is 0 Å². The van der Waals surface area contributed by atoms with Crippen LogP contribution in [0.1, 0.15) is 70.0 Å². The van der Waals surface area contributed by atoms with Crippen LogP contribution in [0.15, 0.2) is 36.4 Å². The van der Waals surface area contributed by atoms with E-state index in [2.05, 4.69) is 63.0 Å². The van der Waals surface area contributed by atoms with E-state index < -0.39 is 8.32 Å². The lowest BCUT2D eigenvalue weighted by atomic mass is 9.81. The predicted molar refractivity (Wildman–Crippen MR) is 158 cm³/mol. The first-order valence-electron chi connectivity index (χ1n) is 14.2. The minimum atomic E-state index is -2.14. The highest BCUT2D eigenvalue weighted by atomic mass is 28.4. The summed E-state index contributed by atoms with van der Waals surface area (Å²) in [6.45, 7) is 12.4. The number of piperidine rings is 2. The minimum Gasteiger partial charge on any atom is -0.543 e. The number of carbonyl (C=O) groups excluding carboxylic acids is 1. The highest BCUT2D eigenvalue weighted by Gasteiger charge is 2.42. The van der Waals surface area contributed by atoms with Crippen LogP contribution in [0.3, 0.4) is 0 Å². The van der Waals surface area contributed by atoms with Crippen molar-refractivity contribution in [3.05, 3.63) is 47.5 Å². The maximum atomic E-state index is 12.9. The van der Waals surface area contributed by atoms with Gasteiger partial charge in [0, 0.05) is 36.6 Å². The standard InChI is InChI=1S/C32H43NO5Si/c1-32(2,3)39(6,7)38-28-13-11-21-12-14-31(34)37-23-17-22-10-8-9-15-33(22)27(18-23)25-20-30(36-5)29(35-4)19-24(25)26(28)16-21/h11-14,16,19-20,22-23,27H,8-10,15,17-18H2,1-7H3/b14-12-/t22-,23+,27+/m1/s1. The van der Waals surface area contributed by atoms with E-state index in [1.807, 2.05) is 12.1 Å².